The quantitative estimate of drug-likeness (QED) is 0.427. The van der Waals surface area contributed by atoms with Gasteiger partial charge in [0.05, 0.1) is 12.6 Å². The van der Waals surface area contributed by atoms with Gasteiger partial charge in [-0.25, -0.2) is 4.39 Å². The molecule has 1 atom stereocenters. The van der Waals surface area contributed by atoms with Gasteiger partial charge in [0.15, 0.2) is 0 Å². The van der Waals surface area contributed by atoms with Crippen molar-refractivity contribution in [3.8, 4) is 0 Å². The summed E-state index contributed by atoms with van der Waals surface area (Å²) < 4.78 is 24.1. The third-order valence-electron chi connectivity index (χ3n) is 3.60. The molecule has 0 unspecified atom stereocenters. The van der Waals surface area contributed by atoms with Gasteiger partial charge in [0.25, 0.3) is 0 Å². The molecule has 0 aliphatic rings. The van der Waals surface area contributed by atoms with Gasteiger partial charge in [-0.3, -0.25) is 4.99 Å². The topological polar surface area (TPSA) is 30.8 Å². The fourth-order valence-corrected chi connectivity index (χ4v) is 2.30. The van der Waals surface area contributed by atoms with Crippen LogP contribution in [0.3, 0.4) is 0 Å². The van der Waals surface area contributed by atoms with Crippen LogP contribution < -0.4 is 0 Å². The van der Waals surface area contributed by atoms with Gasteiger partial charge >= 0.3 is 0 Å². The van der Waals surface area contributed by atoms with E-state index in [1.54, 1.807) is 6.07 Å². The van der Waals surface area contributed by atoms with Crippen LogP contribution in [-0.4, -0.2) is 19.6 Å². The minimum atomic E-state index is -0.291. The first-order valence-corrected chi connectivity index (χ1v) is 7.56. The fraction of sp³-hybridized carbons (Fsp3) is 0.316. The molecule has 3 nitrogen and oxygen atoms in total. The van der Waals surface area contributed by atoms with Crippen molar-refractivity contribution < 1.29 is 13.9 Å². The first kappa shape index (κ1) is 17.3. The van der Waals surface area contributed by atoms with Gasteiger partial charge in [-0.05, 0) is 31.0 Å². The SMILES string of the molecule is COCOCc1ccc(C(C)=N[C@@H](C)c2ccccc2)cc1F. The second-order valence-corrected chi connectivity index (χ2v) is 5.36. The minimum absolute atomic E-state index is 0.0315. The zero-order chi connectivity index (χ0) is 16.7. The Labute approximate surface area is 136 Å². The molecule has 4 heteroatoms. The Kier molecular flexibility index (Phi) is 6.44. The molecule has 0 saturated carbocycles. The molecule has 0 aliphatic carbocycles. The van der Waals surface area contributed by atoms with E-state index in [0.717, 1.165) is 16.8 Å². The van der Waals surface area contributed by atoms with Crippen molar-refractivity contribution in [3.63, 3.8) is 0 Å². The molecule has 0 fully saturated rings. The number of benzene rings is 2. The zero-order valence-corrected chi connectivity index (χ0v) is 13.8. The normalized spacial score (nSPS) is 13.1. The second-order valence-electron chi connectivity index (χ2n) is 5.36. The first-order chi connectivity index (χ1) is 11.1. The molecule has 0 saturated heterocycles. The van der Waals surface area contributed by atoms with Crippen LogP contribution in [0.1, 0.15) is 36.6 Å². The highest BCUT2D eigenvalue weighted by Crippen LogP contribution is 2.19. The van der Waals surface area contributed by atoms with Crippen molar-refractivity contribution in [2.45, 2.75) is 26.5 Å². The van der Waals surface area contributed by atoms with Gasteiger partial charge in [0.1, 0.15) is 12.6 Å². The van der Waals surface area contributed by atoms with Crippen LogP contribution in [0.15, 0.2) is 53.5 Å². The standard InChI is InChI=1S/C19H22FNO2/c1-14(16-7-5-4-6-8-16)21-15(2)17-9-10-18(19(20)11-17)12-23-13-22-3/h4-11,14H,12-13H2,1-3H3/t14-/m0/s1. The molecule has 0 N–H and O–H groups in total. The summed E-state index contributed by atoms with van der Waals surface area (Å²) in [6, 6.07) is 15.2. The van der Waals surface area contributed by atoms with Crippen LogP contribution >= 0.6 is 0 Å². The van der Waals surface area contributed by atoms with Crippen molar-refractivity contribution >= 4 is 5.71 Å². The van der Waals surface area contributed by atoms with E-state index in [1.165, 1.54) is 13.2 Å². The Morgan fingerprint density at radius 3 is 2.57 bits per heavy atom. The number of ether oxygens (including phenoxy) is 2. The molecule has 2 aromatic carbocycles. The Morgan fingerprint density at radius 2 is 1.91 bits per heavy atom. The molecule has 0 heterocycles. The second kappa shape index (κ2) is 8.56. The molecule has 2 rings (SSSR count). The van der Waals surface area contributed by atoms with Gasteiger partial charge in [-0.1, -0.05) is 42.5 Å². The van der Waals surface area contributed by atoms with Crippen LogP contribution in [-0.2, 0) is 16.1 Å². The van der Waals surface area contributed by atoms with Gasteiger partial charge < -0.3 is 9.47 Å². The molecule has 0 aromatic heterocycles. The highest BCUT2D eigenvalue weighted by atomic mass is 19.1. The van der Waals surface area contributed by atoms with Crippen molar-refractivity contribution in [2.75, 3.05) is 13.9 Å². The lowest BCUT2D eigenvalue weighted by molar-refractivity contribution is -0.0398. The van der Waals surface area contributed by atoms with Crippen molar-refractivity contribution in [1.29, 1.82) is 0 Å². The summed E-state index contributed by atoms with van der Waals surface area (Å²) in [6.07, 6.45) is 0. The van der Waals surface area contributed by atoms with E-state index in [1.807, 2.05) is 50.2 Å². The maximum atomic E-state index is 14.1. The van der Waals surface area contributed by atoms with Crippen molar-refractivity contribution in [3.05, 3.63) is 71.0 Å². The Hall–Kier alpha value is -2.04. The van der Waals surface area contributed by atoms with E-state index in [2.05, 4.69) is 4.99 Å². The Balaban J connectivity index is 2.11. The summed E-state index contributed by atoms with van der Waals surface area (Å²) in [7, 11) is 1.53. The van der Waals surface area contributed by atoms with E-state index in [0.29, 0.717) is 5.56 Å². The van der Waals surface area contributed by atoms with E-state index in [9.17, 15) is 4.39 Å². The molecule has 2 aromatic rings. The number of methoxy groups -OCH3 is 1. The van der Waals surface area contributed by atoms with Gasteiger partial charge in [0, 0.05) is 18.4 Å². The number of halogens is 1. The van der Waals surface area contributed by atoms with Gasteiger partial charge in [-0.2, -0.15) is 0 Å². The fourth-order valence-electron chi connectivity index (χ4n) is 2.30. The molecule has 122 valence electrons. The number of rotatable bonds is 7. The highest BCUT2D eigenvalue weighted by molar-refractivity contribution is 5.98. The molecular formula is C19H22FNO2. The molecule has 0 amide bonds. The summed E-state index contributed by atoms with van der Waals surface area (Å²) in [5, 5.41) is 0. The van der Waals surface area contributed by atoms with E-state index < -0.39 is 0 Å². The van der Waals surface area contributed by atoms with Crippen LogP contribution in [0.4, 0.5) is 4.39 Å². The number of nitrogens with zero attached hydrogens (tertiary/aromatic N) is 1. The summed E-state index contributed by atoms with van der Waals surface area (Å²) in [5.74, 6) is -0.291. The van der Waals surface area contributed by atoms with Crippen LogP contribution in [0.2, 0.25) is 0 Å². The van der Waals surface area contributed by atoms with Crippen molar-refractivity contribution in [1.82, 2.24) is 0 Å². The van der Waals surface area contributed by atoms with E-state index in [4.69, 9.17) is 9.47 Å². The molecule has 0 radical (unpaired) electrons. The third-order valence-corrected chi connectivity index (χ3v) is 3.60. The Morgan fingerprint density at radius 1 is 1.17 bits per heavy atom. The lowest BCUT2D eigenvalue weighted by atomic mass is 10.1. The average molecular weight is 315 g/mol. The summed E-state index contributed by atoms with van der Waals surface area (Å²) in [4.78, 5) is 4.66. The monoisotopic (exact) mass is 315 g/mol. The van der Waals surface area contributed by atoms with Crippen LogP contribution in [0.25, 0.3) is 0 Å². The summed E-state index contributed by atoms with van der Waals surface area (Å²) in [6.45, 7) is 4.27. The zero-order valence-electron chi connectivity index (χ0n) is 13.8. The van der Waals surface area contributed by atoms with E-state index in [-0.39, 0.29) is 25.3 Å². The van der Waals surface area contributed by atoms with Crippen LogP contribution in [0, 0.1) is 5.82 Å². The number of aliphatic imine (C=N–C) groups is 1. The van der Waals surface area contributed by atoms with E-state index >= 15 is 0 Å². The molecular weight excluding hydrogens is 293 g/mol. The summed E-state index contributed by atoms with van der Waals surface area (Å²) >= 11 is 0. The predicted octanol–water partition coefficient (Wildman–Crippen LogP) is 4.52. The van der Waals surface area contributed by atoms with Crippen molar-refractivity contribution in [2.24, 2.45) is 4.99 Å². The predicted molar refractivity (Wildman–Crippen MR) is 90.1 cm³/mol. The molecule has 0 spiro atoms. The Bertz CT molecular complexity index is 656. The molecule has 0 bridgehead atoms. The average Bonchev–Trinajstić information content (AvgIpc) is 2.57. The third kappa shape index (κ3) is 4.98. The first-order valence-electron chi connectivity index (χ1n) is 7.56. The largest absolute Gasteiger partial charge is 0.359 e. The minimum Gasteiger partial charge on any atom is -0.359 e. The number of hydrogen-bond acceptors (Lipinski definition) is 3. The smallest absolute Gasteiger partial charge is 0.146 e. The lowest BCUT2D eigenvalue weighted by Gasteiger charge is -2.10. The van der Waals surface area contributed by atoms with Crippen LogP contribution in [0.5, 0.6) is 0 Å². The molecule has 23 heavy (non-hydrogen) atoms. The number of hydrogen-bond donors (Lipinski definition) is 0. The van der Waals surface area contributed by atoms with Gasteiger partial charge in [-0.15, -0.1) is 0 Å². The maximum absolute atomic E-state index is 14.1. The lowest BCUT2D eigenvalue weighted by Crippen LogP contribution is -2.03. The maximum Gasteiger partial charge on any atom is 0.146 e. The highest BCUT2D eigenvalue weighted by Gasteiger charge is 2.08. The molecule has 0 aliphatic heterocycles. The van der Waals surface area contributed by atoms with Gasteiger partial charge in [0.2, 0.25) is 0 Å². The summed E-state index contributed by atoms with van der Waals surface area (Å²) in [5.41, 5.74) is 3.23.